The molecule has 1 aliphatic rings. The number of nitrogens with one attached hydrogen (secondary N) is 1. The minimum Gasteiger partial charge on any atom is -0.325 e. The Balaban J connectivity index is 2.64. The summed E-state index contributed by atoms with van der Waals surface area (Å²) in [5.41, 5.74) is 1.93. The highest BCUT2D eigenvalue weighted by molar-refractivity contribution is 9.11. The summed E-state index contributed by atoms with van der Waals surface area (Å²) in [7, 11) is 0. The summed E-state index contributed by atoms with van der Waals surface area (Å²) in [5.74, 6) is 0.0533. The third-order valence-electron chi connectivity index (χ3n) is 1.81. The van der Waals surface area contributed by atoms with E-state index in [-0.39, 0.29) is 5.91 Å². The monoisotopic (exact) mass is 289 g/mol. The van der Waals surface area contributed by atoms with E-state index in [1.54, 1.807) is 0 Å². The Morgan fingerprint density at radius 3 is 2.58 bits per heavy atom. The Morgan fingerprint density at radius 1 is 1.25 bits per heavy atom. The predicted molar refractivity (Wildman–Crippen MR) is 54.2 cm³/mol. The summed E-state index contributed by atoms with van der Waals surface area (Å²) in [4.78, 5) is 11.1. The maximum Gasteiger partial charge on any atom is 0.228 e. The van der Waals surface area contributed by atoms with Crippen LogP contribution in [-0.2, 0) is 11.2 Å². The van der Waals surface area contributed by atoms with Gasteiger partial charge in [-0.1, -0.05) is 15.9 Å². The Hall–Kier alpha value is -0.350. The molecule has 4 heteroatoms. The smallest absolute Gasteiger partial charge is 0.228 e. The molecule has 1 amide bonds. The third-order valence-corrected chi connectivity index (χ3v) is 3.21. The highest BCUT2D eigenvalue weighted by Gasteiger charge is 2.21. The first-order chi connectivity index (χ1) is 5.68. The number of carbonyl (C=O) groups is 1. The molecule has 0 aliphatic carbocycles. The van der Waals surface area contributed by atoms with Crippen LogP contribution in [0.5, 0.6) is 0 Å². The van der Waals surface area contributed by atoms with Crippen molar-refractivity contribution in [3.8, 4) is 0 Å². The van der Waals surface area contributed by atoms with Gasteiger partial charge in [0.2, 0.25) is 5.91 Å². The van der Waals surface area contributed by atoms with Crippen LogP contribution in [0.1, 0.15) is 5.56 Å². The van der Waals surface area contributed by atoms with Gasteiger partial charge in [-0.15, -0.1) is 0 Å². The van der Waals surface area contributed by atoms with Crippen molar-refractivity contribution >= 4 is 43.5 Å². The zero-order valence-electron chi connectivity index (χ0n) is 6.03. The minimum atomic E-state index is 0.0533. The number of amides is 1. The van der Waals surface area contributed by atoms with Gasteiger partial charge < -0.3 is 5.32 Å². The minimum absolute atomic E-state index is 0.0533. The van der Waals surface area contributed by atoms with Crippen molar-refractivity contribution in [1.29, 1.82) is 0 Å². The first-order valence-electron chi connectivity index (χ1n) is 3.45. The van der Waals surface area contributed by atoms with E-state index in [1.165, 1.54) is 0 Å². The molecule has 1 N–H and O–H groups in total. The molecule has 0 spiro atoms. The molecule has 2 rings (SSSR count). The molecule has 1 aromatic rings. The van der Waals surface area contributed by atoms with E-state index in [9.17, 15) is 4.79 Å². The molecule has 0 unspecified atom stereocenters. The van der Waals surface area contributed by atoms with Crippen LogP contribution in [0.4, 0.5) is 5.69 Å². The van der Waals surface area contributed by atoms with E-state index in [0.717, 1.165) is 20.2 Å². The Morgan fingerprint density at radius 2 is 1.92 bits per heavy atom. The summed E-state index contributed by atoms with van der Waals surface area (Å²) in [5, 5.41) is 2.79. The van der Waals surface area contributed by atoms with Gasteiger partial charge in [-0.05, 0) is 28.1 Å². The van der Waals surface area contributed by atoms with Crippen molar-refractivity contribution in [2.45, 2.75) is 6.42 Å². The molecule has 1 aromatic carbocycles. The molecule has 0 saturated heterocycles. The third kappa shape index (κ3) is 1.19. The number of anilines is 1. The highest BCUT2D eigenvalue weighted by Crippen LogP contribution is 2.36. The molecule has 12 heavy (non-hydrogen) atoms. The van der Waals surface area contributed by atoms with Gasteiger partial charge in [0.25, 0.3) is 0 Å². The highest BCUT2D eigenvalue weighted by atomic mass is 79.9. The lowest BCUT2D eigenvalue weighted by atomic mass is 10.2. The Labute approximate surface area is 86.6 Å². The maximum atomic E-state index is 11.1. The number of fused-ring (bicyclic) bond motifs is 1. The SMILES string of the molecule is O=C1Cc2c(Br)ccc(Br)c2N1. The number of halogens is 2. The van der Waals surface area contributed by atoms with Crippen LogP contribution in [0.15, 0.2) is 21.1 Å². The number of carbonyl (C=O) groups excluding carboxylic acids is 1. The second-order valence-electron chi connectivity index (χ2n) is 2.61. The molecule has 62 valence electrons. The fourth-order valence-corrected chi connectivity index (χ4v) is 2.19. The van der Waals surface area contributed by atoms with Crippen molar-refractivity contribution in [3.63, 3.8) is 0 Å². The number of hydrogen-bond acceptors (Lipinski definition) is 1. The fraction of sp³-hybridized carbons (Fsp3) is 0.125. The number of hydrogen-bond donors (Lipinski definition) is 1. The largest absolute Gasteiger partial charge is 0.325 e. The van der Waals surface area contributed by atoms with Crippen molar-refractivity contribution in [3.05, 3.63) is 26.6 Å². The van der Waals surface area contributed by atoms with Gasteiger partial charge in [0.1, 0.15) is 0 Å². The van der Waals surface area contributed by atoms with Gasteiger partial charge in [-0.2, -0.15) is 0 Å². The predicted octanol–water partition coefficient (Wildman–Crippen LogP) is 2.71. The van der Waals surface area contributed by atoms with E-state index in [4.69, 9.17) is 0 Å². The number of benzene rings is 1. The topological polar surface area (TPSA) is 29.1 Å². The van der Waals surface area contributed by atoms with Crippen molar-refractivity contribution in [2.75, 3.05) is 5.32 Å². The molecule has 1 heterocycles. The van der Waals surface area contributed by atoms with Crippen LogP contribution < -0.4 is 5.32 Å². The zero-order chi connectivity index (χ0) is 8.72. The van der Waals surface area contributed by atoms with Gasteiger partial charge in [0.05, 0.1) is 12.1 Å². The molecular weight excluding hydrogens is 286 g/mol. The lowest BCUT2D eigenvalue weighted by Gasteiger charge is -2.02. The second-order valence-corrected chi connectivity index (χ2v) is 4.32. The quantitative estimate of drug-likeness (QED) is 0.782. The van der Waals surface area contributed by atoms with E-state index >= 15 is 0 Å². The van der Waals surface area contributed by atoms with Gasteiger partial charge in [0, 0.05) is 14.5 Å². The average Bonchev–Trinajstić information content (AvgIpc) is 2.41. The van der Waals surface area contributed by atoms with Gasteiger partial charge in [0.15, 0.2) is 0 Å². The molecule has 0 radical (unpaired) electrons. The molecule has 0 fully saturated rings. The molecule has 0 bridgehead atoms. The summed E-state index contributed by atoms with van der Waals surface area (Å²) in [6, 6.07) is 3.84. The summed E-state index contributed by atoms with van der Waals surface area (Å²) >= 11 is 6.77. The van der Waals surface area contributed by atoms with Gasteiger partial charge in [-0.25, -0.2) is 0 Å². The van der Waals surface area contributed by atoms with E-state index in [1.807, 2.05) is 12.1 Å². The summed E-state index contributed by atoms with van der Waals surface area (Å²) < 4.78 is 1.92. The van der Waals surface area contributed by atoms with Crippen LogP contribution in [0.3, 0.4) is 0 Å². The van der Waals surface area contributed by atoms with Crippen molar-refractivity contribution in [2.24, 2.45) is 0 Å². The normalized spacial score (nSPS) is 14.3. The molecule has 0 saturated carbocycles. The van der Waals surface area contributed by atoms with E-state index in [2.05, 4.69) is 37.2 Å². The van der Waals surface area contributed by atoms with E-state index < -0.39 is 0 Å². The second kappa shape index (κ2) is 2.85. The van der Waals surface area contributed by atoms with Crippen molar-refractivity contribution < 1.29 is 4.79 Å². The van der Waals surface area contributed by atoms with Gasteiger partial charge in [-0.3, -0.25) is 4.79 Å². The Bertz CT molecular complexity index is 329. The summed E-state index contributed by atoms with van der Waals surface area (Å²) in [6.07, 6.45) is 0.468. The van der Waals surface area contributed by atoms with Crippen molar-refractivity contribution in [1.82, 2.24) is 0 Å². The lowest BCUT2D eigenvalue weighted by molar-refractivity contribution is -0.115. The van der Waals surface area contributed by atoms with Crippen LogP contribution in [-0.4, -0.2) is 5.91 Å². The van der Waals surface area contributed by atoms with Crippen LogP contribution >= 0.6 is 31.9 Å². The fourth-order valence-electron chi connectivity index (χ4n) is 1.25. The molecule has 2 nitrogen and oxygen atoms in total. The number of rotatable bonds is 0. The van der Waals surface area contributed by atoms with E-state index in [0.29, 0.717) is 6.42 Å². The standard InChI is InChI=1S/C8H5Br2NO/c9-5-1-2-6(10)8-4(5)3-7(12)11-8/h1-2H,3H2,(H,11,12). The molecule has 0 aromatic heterocycles. The first-order valence-corrected chi connectivity index (χ1v) is 5.04. The average molecular weight is 291 g/mol. The Kier molecular flexibility index (Phi) is 1.96. The molecule has 0 atom stereocenters. The lowest BCUT2D eigenvalue weighted by Crippen LogP contribution is -2.03. The van der Waals surface area contributed by atoms with Crippen LogP contribution in [0.25, 0.3) is 0 Å². The maximum absolute atomic E-state index is 11.1. The molecular formula is C8H5Br2NO. The first kappa shape index (κ1) is 8.26. The van der Waals surface area contributed by atoms with Gasteiger partial charge >= 0.3 is 0 Å². The zero-order valence-corrected chi connectivity index (χ0v) is 9.20. The molecule has 1 aliphatic heterocycles. The van der Waals surface area contributed by atoms with Crippen LogP contribution in [0.2, 0.25) is 0 Å². The van der Waals surface area contributed by atoms with Crippen LogP contribution in [0, 0.1) is 0 Å². The summed E-state index contributed by atoms with van der Waals surface area (Å²) in [6.45, 7) is 0.